The van der Waals surface area contributed by atoms with Gasteiger partial charge in [0.15, 0.2) is 0 Å². The molecule has 0 aromatic carbocycles. The van der Waals surface area contributed by atoms with Gasteiger partial charge in [0.25, 0.3) is 5.91 Å². The van der Waals surface area contributed by atoms with Gasteiger partial charge in [0, 0.05) is 18.3 Å². The van der Waals surface area contributed by atoms with Gasteiger partial charge >= 0.3 is 0 Å². The number of pyridine rings is 1. The van der Waals surface area contributed by atoms with Gasteiger partial charge in [0.05, 0.1) is 0 Å². The molecule has 0 saturated carbocycles. The lowest BCUT2D eigenvalue weighted by Gasteiger charge is -2.17. The topological polar surface area (TPSA) is 68.0 Å². The van der Waals surface area contributed by atoms with Gasteiger partial charge in [-0.05, 0) is 24.0 Å². The first kappa shape index (κ1) is 12.5. The number of aromatic nitrogens is 1. The molecule has 0 aliphatic heterocycles. The largest absolute Gasteiger partial charge is 0.384 e. The van der Waals surface area contributed by atoms with Gasteiger partial charge in [-0.25, -0.2) is 4.98 Å². The third-order valence-corrected chi connectivity index (χ3v) is 2.20. The summed E-state index contributed by atoms with van der Waals surface area (Å²) in [7, 11) is 0. The van der Waals surface area contributed by atoms with Gasteiger partial charge in [-0.15, -0.1) is 0 Å². The maximum absolute atomic E-state index is 11.7. The first-order chi connectivity index (χ1) is 7.38. The number of anilines is 1. The normalized spacial score (nSPS) is 11.2. The molecule has 4 nitrogen and oxygen atoms in total. The minimum absolute atomic E-state index is 0.0987. The third-order valence-electron chi connectivity index (χ3n) is 2.20. The van der Waals surface area contributed by atoms with Crippen molar-refractivity contribution in [2.45, 2.75) is 27.2 Å². The predicted molar refractivity (Wildman–Crippen MR) is 65.1 cm³/mol. The molecule has 1 aromatic heterocycles. The van der Waals surface area contributed by atoms with Crippen molar-refractivity contribution in [2.24, 2.45) is 5.41 Å². The van der Waals surface area contributed by atoms with E-state index in [4.69, 9.17) is 5.73 Å². The summed E-state index contributed by atoms with van der Waals surface area (Å²) < 4.78 is 0. The van der Waals surface area contributed by atoms with E-state index in [-0.39, 0.29) is 11.3 Å². The van der Waals surface area contributed by atoms with E-state index < -0.39 is 0 Å². The van der Waals surface area contributed by atoms with E-state index in [0.717, 1.165) is 6.42 Å². The molecule has 0 aliphatic rings. The van der Waals surface area contributed by atoms with Crippen molar-refractivity contribution in [3.05, 3.63) is 23.9 Å². The summed E-state index contributed by atoms with van der Waals surface area (Å²) in [5.41, 5.74) is 6.29. The number of hydrogen-bond donors (Lipinski definition) is 2. The van der Waals surface area contributed by atoms with Crippen LogP contribution in [0.1, 0.15) is 37.6 Å². The molecular formula is C12H19N3O. The second kappa shape index (κ2) is 4.96. The summed E-state index contributed by atoms with van der Waals surface area (Å²) in [5.74, 6) is 0.266. The highest BCUT2D eigenvalue weighted by Gasteiger charge is 2.11. The predicted octanol–water partition coefficient (Wildman–Crippen LogP) is 1.83. The van der Waals surface area contributed by atoms with Gasteiger partial charge in [0.2, 0.25) is 0 Å². The Bertz CT molecular complexity index is 369. The highest BCUT2D eigenvalue weighted by molar-refractivity contribution is 5.94. The Labute approximate surface area is 96.3 Å². The molecule has 88 valence electrons. The molecule has 0 atom stereocenters. The SMILES string of the molecule is CC(C)(C)CCNC(=O)c1ccnc(N)c1. The number of carbonyl (C=O) groups is 1. The van der Waals surface area contributed by atoms with Crippen LogP contribution in [0.25, 0.3) is 0 Å². The zero-order valence-electron chi connectivity index (χ0n) is 10.1. The molecule has 0 aliphatic carbocycles. The highest BCUT2D eigenvalue weighted by atomic mass is 16.1. The van der Waals surface area contributed by atoms with Crippen LogP contribution in [-0.2, 0) is 0 Å². The Morgan fingerprint density at radius 3 is 2.75 bits per heavy atom. The average Bonchev–Trinajstić information content (AvgIpc) is 2.15. The molecule has 0 saturated heterocycles. The fourth-order valence-corrected chi connectivity index (χ4v) is 1.24. The summed E-state index contributed by atoms with van der Waals surface area (Å²) in [6, 6.07) is 3.23. The van der Waals surface area contributed by atoms with E-state index in [0.29, 0.717) is 17.9 Å². The number of nitrogens with two attached hydrogens (primary N) is 1. The van der Waals surface area contributed by atoms with E-state index in [2.05, 4.69) is 31.1 Å². The summed E-state index contributed by atoms with van der Waals surface area (Å²) in [6.45, 7) is 7.10. The molecule has 0 radical (unpaired) electrons. The van der Waals surface area contributed by atoms with Gasteiger partial charge in [-0.1, -0.05) is 20.8 Å². The number of nitrogens with zero attached hydrogens (tertiary/aromatic N) is 1. The molecule has 3 N–H and O–H groups in total. The summed E-state index contributed by atoms with van der Waals surface area (Å²) in [4.78, 5) is 15.5. The standard InChI is InChI=1S/C12H19N3O/c1-12(2,3)5-7-15-11(16)9-4-6-14-10(13)8-9/h4,6,8H,5,7H2,1-3H3,(H2,13,14)(H,15,16). The van der Waals surface area contributed by atoms with E-state index >= 15 is 0 Å². The van der Waals surface area contributed by atoms with Crippen LogP contribution in [-0.4, -0.2) is 17.4 Å². The molecule has 0 fully saturated rings. The number of nitrogen functional groups attached to an aromatic ring is 1. The highest BCUT2D eigenvalue weighted by Crippen LogP contribution is 2.17. The minimum Gasteiger partial charge on any atom is -0.384 e. The minimum atomic E-state index is -0.0987. The quantitative estimate of drug-likeness (QED) is 0.818. The molecule has 0 spiro atoms. The number of nitrogens with one attached hydrogen (secondary N) is 1. The van der Waals surface area contributed by atoms with Crippen molar-refractivity contribution >= 4 is 11.7 Å². The number of hydrogen-bond acceptors (Lipinski definition) is 3. The lowest BCUT2D eigenvalue weighted by molar-refractivity contribution is 0.0949. The van der Waals surface area contributed by atoms with Crippen LogP contribution in [0.3, 0.4) is 0 Å². The summed E-state index contributed by atoms with van der Waals surface area (Å²) in [6.07, 6.45) is 2.48. The Morgan fingerprint density at radius 1 is 1.50 bits per heavy atom. The number of amides is 1. The van der Waals surface area contributed by atoms with Crippen molar-refractivity contribution in [3.8, 4) is 0 Å². The summed E-state index contributed by atoms with van der Waals surface area (Å²) in [5, 5.41) is 2.86. The lowest BCUT2D eigenvalue weighted by atomic mass is 9.92. The lowest BCUT2D eigenvalue weighted by Crippen LogP contribution is -2.27. The van der Waals surface area contributed by atoms with Crippen LogP contribution in [0, 0.1) is 5.41 Å². The van der Waals surface area contributed by atoms with Crippen molar-refractivity contribution < 1.29 is 4.79 Å². The zero-order chi connectivity index (χ0) is 12.2. The van der Waals surface area contributed by atoms with E-state index in [1.54, 1.807) is 12.1 Å². The van der Waals surface area contributed by atoms with Crippen LogP contribution in [0.5, 0.6) is 0 Å². The van der Waals surface area contributed by atoms with Crippen LogP contribution < -0.4 is 11.1 Å². The molecular weight excluding hydrogens is 202 g/mol. The Kier molecular flexibility index (Phi) is 3.88. The number of rotatable bonds is 3. The van der Waals surface area contributed by atoms with Gasteiger partial charge in [-0.3, -0.25) is 4.79 Å². The smallest absolute Gasteiger partial charge is 0.251 e. The maximum Gasteiger partial charge on any atom is 0.251 e. The first-order valence-electron chi connectivity index (χ1n) is 5.38. The monoisotopic (exact) mass is 221 g/mol. The number of carbonyl (C=O) groups excluding carboxylic acids is 1. The first-order valence-corrected chi connectivity index (χ1v) is 5.38. The van der Waals surface area contributed by atoms with Crippen molar-refractivity contribution in [3.63, 3.8) is 0 Å². The van der Waals surface area contributed by atoms with Crippen LogP contribution in [0.15, 0.2) is 18.3 Å². The van der Waals surface area contributed by atoms with Crippen molar-refractivity contribution in [2.75, 3.05) is 12.3 Å². The van der Waals surface area contributed by atoms with Crippen molar-refractivity contribution in [1.29, 1.82) is 0 Å². The molecule has 0 unspecified atom stereocenters. The molecule has 16 heavy (non-hydrogen) atoms. The summed E-state index contributed by atoms with van der Waals surface area (Å²) >= 11 is 0. The Balaban J connectivity index is 2.47. The van der Waals surface area contributed by atoms with Crippen LogP contribution >= 0.6 is 0 Å². The van der Waals surface area contributed by atoms with Crippen molar-refractivity contribution in [1.82, 2.24) is 10.3 Å². The van der Waals surface area contributed by atoms with Gasteiger partial charge in [0.1, 0.15) is 5.82 Å². The van der Waals surface area contributed by atoms with Crippen LogP contribution in [0.2, 0.25) is 0 Å². The zero-order valence-corrected chi connectivity index (χ0v) is 10.1. The van der Waals surface area contributed by atoms with E-state index in [1.807, 2.05) is 0 Å². The third kappa shape index (κ3) is 4.29. The molecule has 1 rings (SSSR count). The van der Waals surface area contributed by atoms with Gasteiger partial charge < -0.3 is 11.1 Å². The fourth-order valence-electron chi connectivity index (χ4n) is 1.24. The maximum atomic E-state index is 11.7. The van der Waals surface area contributed by atoms with E-state index in [9.17, 15) is 4.79 Å². The second-order valence-electron chi connectivity index (χ2n) is 5.04. The molecule has 1 aromatic rings. The van der Waals surface area contributed by atoms with Gasteiger partial charge in [-0.2, -0.15) is 0 Å². The molecule has 1 amide bonds. The Hall–Kier alpha value is -1.58. The molecule has 4 heteroatoms. The molecule has 1 heterocycles. The second-order valence-corrected chi connectivity index (χ2v) is 5.04. The van der Waals surface area contributed by atoms with Crippen LogP contribution in [0.4, 0.5) is 5.82 Å². The Morgan fingerprint density at radius 2 is 2.19 bits per heavy atom. The fraction of sp³-hybridized carbons (Fsp3) is 0.500. The molecule has 0 bridgehead atoms. The van der Waals surface area contributed by atoms with E-state index in [1.165, 1.54) is 6.20 Å². The average molecular weight is 221 g/mol.